The molecule has 98 valence electrons. The molecule has 0 fully saturated rings. The summed E-state index contributed by atoms with van der Waals surface area (Å²) < 4.78 is 1.97. The maximum Gasteiger partial charge on any atom is 0.341 e. The summed E-state index contributed by atoms with van der Waals surface area (Å²) in [6.07, 6.45) is 0. The third-order valence-corrected chi connectivity index (χ3v) is 3.84. The minimum Gasteiger partial charge on any atom is -0.477 e. The van der Waals surface area contributed by atoms with Gasteiger partial charge >= 0.3 is 5.97 Å². The Bertz CT molecular complexity index is 680. The molecule has 0 unspecified atom stereocenters. The second-order valence-electron chi connectivity index (χ2n) is 3.77. The van der Waals surface area contributed by atoms with E-state index in [1.807, 2.05) is 6.07 Å². The van der Waals surface area contributed by atoms with Crippen LogP contribution in [-0.4, -0.2) is 15.6 Å². The van der Waals surface area contributed by atoms with Crippen LogP contribution in [0.2, 0.25) is 0 Å². The molecule has 2 rings (SSSR count). The van der Waals surface area contributed by atoms with Crippen LogP contribution in [0, 0.1) is 0 Å². The molecule has 0 bridgehead atoms. The van der Waals surface area contributed by atoms with Crippen molar-refractivity contribution in [2.24, 2.45) is 0 Å². The number of rotatable bonds is 3. The molecular formula is C13H9Br2NO3. The van der Waals surface area contributed by atoms with Crippen molar-refractivity contribution in [3.8, 4) is 5.69 Å². The second kappa shape index (κ2) is 5.71. The first-order valence-corrected chi connectivity index (χ1v) is 7.26. The zero-order chi connectivity index (χ0) is 14.0. The van der Waals surface area contributed by atoms with Crippen molar-refractivity contribution < 1.29 is 9.90 Å². The summed E-state index contributed by atoms with van der Waals surface area (Å²) in [6, 6.07) is 10.3. The van der Waals surface area contributed by atoms with E-state index in [9.17, 15) is 9.59 Å². The molecule has 4 nitrogen and oxygen atoms in total. The van der Waals surface area contributed by atoms with Gasteiger partial charge in [-0.25, -0.2) is 4.79 Å². The van der Waals surface area contributed by atoms with Gasteiger partial charge in [0.1, 0.15) is 5.56 Å². The lowest BCUT2D eigenvalue weighted by Crippen LogP contribution is -2.27. The Labute approximate surface area is 126 Å². The third kappa shape index (κ3) is 2.64. The van der Waals surface area contributed by atoms with Crippen LogP contribution in [-0.2, 0) is 5.33 Å². The third-order valence-electron chi connectivity index (χ3n) is 2.62. The normalized spacial score (nSPS) is 10.4. The zero-order valence-corrected chi connectivity index (χ0v) is 12.8. The molecule has 0 atom stereocenters. The van der Waals surface area contributed by atoms with Crippen molar-refractivity contribution in [2.45, 2.75) is 5.33 Å². The number of pyridine rings is 1. The fraction of sp³-hybridized carbons (Fsp3) is 0.0769. The maximum absolute atomic E-state index is 12.3. The van der Waals surface area contributed by atoms with Gasteiger partial charge in [-0.2, -0.15) is 0 Å². The van der Waals surface area contributed by atoms with E-state index in [1.54, 1.807) is 24.3 Å². The molecule has 0 saturated heterocycles. The molecule has 1 aromatic heterocycles. The Morgan fingerprint density at radius 3 is 2.42 bits per heavy atom. The molecule has 1 aromatic carbocycles. The van der Waals surface area contributed by atoms with E-state index in [4.69, 9.17) is 5.11 Å². The minimum absolute atomic E-state index is 0.263. The summed E-state index contributed by atoms with van der Waals surface area (Å²) in [6.45, 7) is 0. The first kappa shape index (κ1) is 14.0. The number of carbonyl (C=O) groups is 1. The number of aromatic nitrogens is 1. The van der Waals surface area contributed by atoms with Crippen molar-refractivity contribution in [1.82, 2.24) is 4.57 Å². The van der Waals surface area contributed by atoms with E-state index in [2.05, 4.69) is 31.9 Å². The van der Waals surface area contributed by atoms with Crippen molar-refractivity contribution in [2.75, 3.05) is 0 Å². The van der Waals surface area contributed by atoms with E-state index in [1.165, 1.54) is 10.6 Å². The fourth-order valence-electron chi connectivity index (χ4n) is 1.75. The Balaban J connectivity index is 2.85. The van der Waals surface area contributed by atoms with Gasteiger partial charge in [0.05, 0.1) is 5.69 Å². The van der Waals surface area contributed by atoms with Gasteiger partial charge in [0.25, 0.3) is 5.56 Å². The largest absolute Gasteiger partial charge is 0.477 e. The number of carboxylic acids is 1. The highest BCUT2D eigenvalue weighted by atomic mass is 79.9. The predicted octanol–water partition coefficient (Wildman–Crippen LogP) is 3.19. The number of benzene rings is 1. The quantitative estimate of drug-likeness (QED) is 0.824. The van der Waals surface area contributed by atoms with Crippen molar-refractivity contribution in [3.05, 3.63) is 62.5 Å². The Kier molecular flexibility index (Phi) is 4.21. The lowest BCUT2D eigenvalue weighted by atomic mass is 10.2. The number of alkyl halides is 1. The van der Waals surface area contributed by atoms with Gasteiger partial charge in [0.15, 0.2) is 0 Å². The van der Waals surface area contributed by atoms with Crippen LogP contribution in [0.5, 0.6) is 0 Å². The van der Waals surface area contributed by atoms with Crippen molar-refractivity contribution in [3.63, 3.8) is 0 Å². The van der Waals surface area contributed by atoms with Gasteiger partial charge in [0.2, 0.25) is 0 Å². The van der Waals surface area contributed by atoms with E-state index in [0.717, 1.165) is 0 Å². The van der Waals surface area contributed by atoms with E-state index < -0.39 is 11.5 Å². The number of nitrogens with zero attached hydrogens (tertiary/aromatic N) is 1. The monoisotopic (exact) mass is 385 g/mol. The second-order valence-corrected chi connectivity index (χ2v) is 5.18. The highest BCUT2D eigenvalue weighted by Crippen LogP contribution is 2.22. The Morgan fingerprint density at radius 2 is 1.89 bits per heavy atom. The summed E-state index contributed by atoms with van der Waals surface area (Å²) in [5, 5.41) is 9.51. The maximum atomic E-state index is 12.3. The summed E-state index contributed by atoms with van der Waals surface area (Å²) in [7, 11) is 0. The average molecular weight is 387 g/mol. The van der Waals surface area contributed by atoms with E-state index in [0.29, 0.717) is 21.2 Å². The van der Waals surface area contributed by atoms with Gasteiger partial charge in [-0.3, -0.25) is 9.36 Å². The van der Waals surface area contributed by atoms with Crippen LogP contribution < -0.4 is 5.56 Å². The van der Waals surface area contributed by atoms with Gasteiger partial charge in [-0.05, 0) is 34.1 Å². The number of hydrogen-bond acceptors (Lipinski definition) is 2. The first-order chi connectivity index (χ1) is 9.06. The topological polar surface area (TPSA) is 59.3 Å². The first-order valence-electron chi connectivity index (χ1n) is 5.35. The van der Waals surface area contributed by atoms with E-state index in [-0.39, 0.29) is 5.56 Å². The number of para-hydroxylation sites is 1. The van der Waals surface area contributed by atoms with Crippen LogP contribution in [0.3, 0.4) is 0 Å². The molecule has 0 amide bonds. The number of carboxylic acid groups (broad SMARTS) is 1. The van der Waals surface area contributed by atoms with Crippen LogP contribution in [0.4, 0.5) is 0 Å². The molecule has 0 aliphatic heterocycles. The number of aromatic carboxylic acids is 1. The summed E-state index contributed by atoms with van der Waals surface area (Å²) in [5.74, 6) is -1.24. The van der Waals surface area contributed by atoms with Gasteiger partial charge in [0, 0.05) is 15.5 Å². The van der Waals surface area contributed by atoms with Crippen molar-refractivity contribution in [1.29, 1.82) is 0 Å². The fourth-order valence-corrected chi connectivity index (χ4v) is 3.22. The van der Waals surface area contributed by atoms with Crippen molar-refractivity contribution >= 4 is 37.8 Å². The molecule has 1 heterocycles. The molecule has 0 saturated carbocycles. The minimum atomic E-state index is -1.24. The van der Waals surface area contributed by atoms with Gasteiger partial charge < -0.3 is 5.11 Å². The van der Waals surface area contributed by atoms with Gasteiger partial charge in [-0.1, -0.05) is 34.1 Å². The standard InChI is InChI=1S/C13H9Br2NO3/c14-7-11-10(15)6-9(13(18)19)12(17)16(11)8-4-2-1-3-5-8/h1-6H,7H2,(H,18,19). The SMILES string of the molecule is O=C(O)c1cc(Br)c(CBr)n(-c2ccccc2)c1=O. The smallest absolute Gasteiger partial charge is 0.341 e. The molecular weight excluding hydrogens is 378 g/mol. The number of halogens is 2. The van der Waals surface area contributed by atoms with Crippen LogP contribution in [0.15, 0.2) is 45.7 Å². The molecule has 0 spiro atoms. The molecule has 0 aliphatic rings. The highest BCUT2D eigenvalue weighted by molar-refractivity contribution is 9.10. The van der Waals surface area contributed by atoms with Gasteiger partial charge in [-0.15, -0.1) is 0 Å². The van der Waals surface area contributed by atoms with Crippen LogP contribution >= 0.6 is 31.9 Å². The molecule has 6 heteroatoms. The molecule has 0 aliphatic carbocycles. The van der Waals surface area contributed by atoms with Crippen LogP contribution in [0.25, 0.3) is 5.69 Å². The zero-order valence-electron chi connectivity index (χ0n) is 9.64. The summed E-state index contributed by atoms with van der Waals surface area (Å²) in [5.41, 5.74) is 0.490. The summed E-state index contributed by atoms with van der Waals surface area (Å²) >= 11 is 6.62. The Morgan fingerprint density at radius 1 is 1.26 bits per heavy atom. The van der Waals surface area contributed by atoms with Crippen LogP contribution in [0.1, 0.15) is 16.1 Å². The molecule has 2 aromatic rings. The predicted molar refractivity (Wildman–Crippen MR) is 79.3 cm³/mol. The lowest BCUT2D eigenvalue weighted by Gasteiger charge is -2.14. The summed E-state index contributed by atoms with van der Waals surface area (Å²) in [4.78, 5) is 23.4. The number of hydrogen-bond donors (Lipinski definition) is 1. The Hall–Kier alpha value is -1.40. The lowest BCUT2D eigenvalue weighted by molar-refractivity contribution is 0.0694. The molecule has 1 N–H and O–H groups in total. The average Bonchev–Trinajstić information content (AvgIpc) is 2.41. The highest BCUT2D eigenvalue weighted by Gasteiger charge is 2.18. The van der Waals surface area contributed by atoms with E-state index >= 15 is 0 Å². The molecule has 0 radical (unpaired) electrons. The molecule has 19 heavy (non-hydrogen) atoms.